The number of rotatable bonds is 7. The molecule has 1 heterocycles. The highest BCUT2D eigenvalue weighted by molar-refractivity contribution is 5.93. The molecule has 0 unspecified atom stereocenters. The highest BCUT2D eigenvalue weighted by atomic mass is 16.5. The van der Waals surface area contributed by atoms with E-state index in [1.54, 1.807) is 0 Å². The van der Waals surface area contributed by atoms with Gasteiger partial charge in [-0.2, -0.15) is 0 Å². The summed E-state index contributed by atoms with van der Waals surface area (Å²) in [7, 11) is 0. The molecule has 0 aliphatic carbocycles. The molecule has 1 aromatic carbocycles. The van der Waals surface area contributed by atoms with Gasteiger partial charge in [0.25, 0.3) is 0 Å². The van der Waals surface area contributed by atoms with Crippen LogP contribution < -0.4 is 10.1 Å². The third-order valence-electron chi connectivity index (χ3n) is 3.92. The number of benzene rings is 1. The molecule has 1 fully saturated rings. The van der Waals surface area contributed by atoms with Crippen LogP contribution in [0, 0.1) is 5.92 Å². The lowest BCUT2D eigenvalue weighted by Gasteiger charge is -2.35. The van der Waals surface area contributed by atoms with E-state index in [0.717, 1.165) is 44.2 Å². The molecule has 0 bridgehead atoms. The summed E-state index contributed by atoms with van der Waals surface area (Å²) >= 11 is 0. The Labute approximate surface area is 139 Å². The molecule has 1 amide bonds. The SMILES string of the molecule is CCOc1ccccc1NC(=O)CN1CCN(CC(C)C)CC1. The summed E-state index contributed by atoms with van der Waals surface area (Å²) in [4.78, 5) is 17.0. The number of hydrogen-bond acceptors (Lipinski definition) is 4. The molecular weight excluding hydrogens is 290 g/mol. The summed E-state index contributed by atoms with van der Waals surface area (Å²) in [6.07, 6.45) is 0. The monoisotopic (exact) mass is 319 g/mol. The van der Waals surface area contributed by atoms with E-state index in [4.69, 9.17) is 4.74 Å². The van der Waals surface area contributed by atoms with Crippen molar-refractivity contribution in [1.82, 2.24) is 9.80 Å². The van der Waals surface area contributed by atoms with E-state index < -0.39 is 0 Å². The van der Waals surface area contributed by atoms with Gasteiger partial charge < -0.3 is 15.0 Å². The number of anilines is 1. The normalized spacial score (nSPS) is 16.5. The molecule has 0 atom stereocenters. The molecule has 2 rings (SSSR count). The van der Waals surface area contributed by atoms with Crippen LogP contribution in [0.15, 0.2) is 24.3 Å². The van der Waals surface area contributed by atoms with E-state index in [1.807, 2.05) is 31.2 Å². The minimum Gasteiger partial charge on any atom is -0.492 e. The van der Waals surface area contributed by atoms with E-state index in [2.05, 4.69) is 29.0 Å². The number of hydrogen-bond donors (Lipinski definition) is 1. The van der Waals surface area contributed by atoms with Crippen molar-refractivity contribution in [2.45, 2.75) is 20.8 Å². The van der Waals surface area contributed by atoms with Crippen molar-refractivity contribution in [2.24, 2.45) is 5.92 Å². The Hall–Kier alpha value is -1.59. The second kappa shape index (κ2) is 8.89. The van der Waals surface area contributed by atoms with E-state index in [9.17, 15) is 4.79 Å². The number of carbonyl (C=O) groups excluding carboxylic acids is 1. The molecule has 23 heavy (non-hydrogen) atoms. The van der Waals surface area contributed by atoms with Crippen LogP contribution in [0.4, 0.5) is 5.69 Å². The number of piperazine rings is 1. The molecule has 0 aromatic heterocycles. The fraction of sp³-hybridized carbons (Fsp3) is 0.611. The largest absolute Gasteiger partial charge is 0.492 e. The highest BCUT2D eigenvalue weighted by Crippen LogP contribution is 2.23. The van der Waals surface area contributed by atoms with Crippen molar-refractivity contribution in [3.05, 3.63) is 24.3 Å². The average molecular weight is 319 g/mol. The summed E-state index contributed by atoms with van der Waals surface area (Å²) in [5, 5.41) is 2.97. The van der Waals surface area contributed by atoms with Crippen molar-refractivity contribution in [2.75, 3.05) is 51.2 Å². The molecule has 128 valence electrons. The molecule has 1 saturated heterocycles. The summed E-state index contributed by atoms with van der Waals surface area (Å²) in [5.41, 5.74) is 0.748. The molecule has 5 nitrogen and oxygen atoms in total. The van der Waals surface area contributed by atoms with Gasteiger partial charge in [-0.3, -0.25) is 9.69 Å². The van der Waals surface area contributed by atoms with Gasteiger partial charge in [0.2, 0.25) is 5.91 Å². The van der Waals surface area contributed by atoms with Crippen LogP contribution >= 0.6 is 0 Å². The first kappa shape index (κ1) is 17.8. The third-order valence-corrected chi connectivity index (χ3v) is 3.92. The maximum Gasteiger partial charge on any atom is 0.238 e. The number of amides is 1. The summed E-state index contributed by atoms with van der Waals surface area (Å²) < 4.78 is 5.54. The highest BCUT2D eigenvalue weighted by Gasteiger charge is 2.19. The maximum absolute atomic E-state index is 12.3. The fourth-order valence-electron chi connectivity index (χ4n) is 2.89. The zero-order valence-corrected chi connectivity index (χ0v) is 14.5. The first-order valence-corrected chi connectivity index (χ1v) is 8.55. The lowest BCUT2D eigenvalue weighted by Crippen LogP contribution is -2.49. The summed E-state index contributed by atoms with van der Waals surface area (Å²) in [5.74, 6) is 1.44. The van der Waals surface area contributed by atoms with E-state index in [-0.39, 0.29) is 5.91 Å². The van der Waals surface area contributed by atoms with Crippen LogP contribution in [-0.2, 0) is 4.79 Å². The third kappa shape index (κ3) is 5.84. The van der Waals surface area contributed by atoms with Crippen LogP contribution in [0.2, 0.25) is 0 Å². The van der Waals surface area contributed by atoms with Crippen LogP contribution in [0.25, 0.3) is 0 Å². The fourth-order valence-corrected chi connectivity index (χ4v) is 2.89. The molecular formula is C18H29N3O2. The minimum absolute atomic E-state index is 0.0227. The maximum atomic E-state index is 12.3. The van der Waals surface area contributed by atoms with E-state index in [1.165, 1.54) is 0 Å². The van der Waals surface area contributed by atoms with E-state index >= 15 is 0 Å². The van der Waals surface area contributed by atoms with Gasteiger partial charge in [-0.15, -0.1) is 0 Å². The molecule has 0 saturated carbocycles. The zero-order valence-electron chi connectivity index (χ0n) is 14.5. The second-order valence-electron chi connectivity index (χ2n) is 6.45. The number of para-hydroxylation sites is 2. The predicted octanol–water partition coefficient (Wildman–Crippen LogP) is 2.30. The van der Waals surface area contributed by atoms with Gasteiger partial charge in [0.1, 0.15) is 5.75 Å². The quantitative estimate of drug-likeness (QED) is 0.837. The second-order valence-corrected chi connectivity index (χ2v) is 6.45. The van der Waals surface area contributed by atoms with Gasteiger partial charge in [-0.25, -0.2) is 0 Å². The Morgan fingerprint density at radius 3 is 2.48 bits per heavy atom. The Morgan fingerprint density at radius 2 is 1.83 bits per heavy atom. The molecule has 1 aliphatic heterocycles. The first-order chi connectivity index (χ1) is 11.1. The van der Waals surface area contributed by atoms with Crippen LogP contribution in [-0.4, -0.2) is 61.6 Å². The predicted molar refractivity (Wildman–Crippen MR) is 94.0 cm³/mol. The van der Waals surface area contributed by atoms with Crippen LogP contribution in [0.1, 0.15) is 20.8 Å². The van der Waals surface area contributed by atoms with Gasteiger partial charge in [0, 0.05) is 32.7 Å². The van der Waals surface area contributed by atoms with Gasteiger partial charge in [0.05, 0.1) is 18.8 Å². The van der Waals surface area contributed by atoms with Gasteiger partial charge >= 0.3 is 0 Å². The van der Waals surface area contributed by atoms with Crippen LogP contribution in [0.5, 0.6) is 5.75 Å². The smallest absolute Gasteiger partial charge is 0.238 e. The Kier molecular flexibility index (Phi) is 6.86. The minimum atomic E-state index is 0.0227. The number of nitrogens with zero attached hydrogens (tertiary/aromatic N) is 2. The average Bonchev–Trinajstić information content (AvgIpc) is 2.51. The summed E-state index contributed by atoms with van der Waals surface area (Å²) in [6.45, 7) is 12.6. The number of ether oxygens (including phenoxy) is 1. The lowest BCUT2D eigenvalue weighted by molar-refractivity contribution is -0.117. The van der Waals surface area contributed by atoms with Gasteiger partial charge in [-0.1, -0.05) is 26.0 Å². The van der Waals surface area contributed by atoms with Crippen molar-refractivity contribution >= 4 is 11.6 Å². The molecule has 1 N–H and O–H groups in total. The first-order valence-electron chi connectivity index (χ1n) is 8.55. The molecule has 5 heteroatoms. The zero-order chi connectivity index (χ0) is 16.7. The molecule has 1 aliphatic rings. The Bertz CT molecular complexity index is 497. The van der Waals surface area contributed by atoms with Crippen molar-refractivity contribution in [3.8, 4) is 5.75 Å². The summed E-state index contributed by atoms with van der Waals surface area (Å²) in [6, 6.07) is 7.57. The number of nitrogens with one attached hydrogen (secondary N) is 1. The van der Waals surface area contributed by atoms with Crippen molar-refractivity contribution in [1.29, 1.82) is 0 Å². The topological polar surface area (TPSA) is 44.8 Å². The number of carbonyl (C=O) groups is 1. The standard InChI is InChI=1S/C18H29N3O2/c1-4-23-17-8-6-5-7-16(17)19-18(22)14-21-11-9-20(10-12-21)13-15(2)3/h5-8,15H,4,9-14H2,1-3H3,(H,19,22). The Morgan fingerprint density at radius 1 is 1.17 bits per heavy atom. The lowest BCUT2D eigenvalue weighted by atomic mass is 10.2. The van der Waals surface area contributed by atoms with Crippen molar-refractivity contribution in [3.63, 3.8) is 0 Å². The van der Waals surface area contributed by atoms with E-state index in [0.29, 0.717) is 19.1 Å². The Balaban J connectivity index is 1.80. The molecule has 0 radical (unpaired) electrons. The van der Waals surface area contributed by atoms with Gasteiger partial charge in [-0.05, 0) is 25.0 Å². The van der Waals surface area contributed by atoms with Crippen LogP contribution in [0.3, 0.4) is 0 Å². The van der Waals surface area contributed by atoms with Gasteiger partial charge in [0.15, 0.2) is 0 Å². The van der Waals surface area contributed by atoms with Crippen molar-refractivity contribution < 1.29 is 9.53 Å². The molecule has 0 spiro atoms. The molecule has 1 aromatic rings.